The summed E-state index contributed by atoms with van der Waals surface area (Å²) >= 11 is 0. The number of hydrogen-bond donors (Lipinski definition) is 1. The van der Waals surface area contributed by atoms with Crippen molar-refractivity contribution in [1.29, 1.82) is 0 Å². The molecular weight excluding hydrogens is 435 g/mol. The second-order valence-corrected chi connectivity index (χ2v) is 8.17. The lowest BCUT2D eigenvalue weighted by Crippen LogP contribution is -2.52. The maximum atomic E-state index is 13.9. The molecule has 34 heavy (non-hydrogen) atoms. The number of carbonyl (C=O) groups excluding carboxylic acids is 2. The summed E-state index contributed by atoms with van der Waals surface area (Å²) in [6.45, 7) is 0. The Hall–Kier alpha value is -4.13. The molecule has 3 aromatic carbocycles. The predicted octanol–water partition coefficient (Wildman–Crippen LogP) is 4.65. The smallest absolute Gasteiger partial charge is 0.328 e. The van der Waals surface area contributed by atoms with Gasteiger partial charge in [-0.3, -0.25) is 4.79 Å². The summed E-state index contributed by atoms with van der Waals surface area (Å²) in [5.74, 6) is -0.791. The van der Waals surface area contributed by atoms with E-state index in [1.54, 1.807) is 7.11 Å². The standard InChI is InChI=1S/C27H23FN2O4/c1-33-23-10-6-4-8-19(23)25-24-20(18-7-3-5-9-21(18)29-24)15-22(27(32)34-2)30(25)26(31)16-11-13-17(28)14-12-16/h3-14,22,25,29H,15H2,1-2H3. The number of H-pyrrole nitrogens is 1. The maximum Gasteiger partial charge on any atom is 0.328 e. The van der Waals surface area contributed by atoms with E-state index in [2.05, 4.69) is 4.98 Å². The van der Waals surface area contributed by atoms with Crippen LogP contribution in [0.15, 0.2) is 72.8 Å². The summed E-state index contributed by atoms with van der Waals surface area (Å²) in [5.41, 5.74) is 3.66. The molecule has 1 N–H and O–H groups in total. The van der Waals surface area contributed by atoms with Crippen molar-refractivity contribution in [2.45, 2.75) is 18.5 Å². The highest BCUT2D eigenvalue weighted by molar-refractivity contribution is 5.99. The van der Waals surface area contributed by atoms with Crippen LogP contribution in [0.1, 0.15) is 33.2 Å². The third kappa shape index (κ3) is 3.50. The number of aromatic amines is 1. The van der Waals surface area contributed by atoms with Crippen molar-refractivity contribution >= 4 is 22.8 Å². The van der Waals surface area contributed by atoms with E-state index in [1.807, 2.05) is 48.5 Å². The molecule has 0 bridgehead atoms. The number of fused-ring (bicyclic) bond motifs is 3. The van der Waals surface area contributed by atoms with Gasteiger partial charge in [0.1, 0.15) is 23.7 Å². The van der Waals surface area contributed by atoms with E-state index in [9.17, 15) is 14.0 Å². The Bertz CT molecular complexity index is 1380. The van der Waals surface area contributed by atoms with Gasteiger partial charge >= 0.3 is 5.97 Å². The van der Waals surface area contributed by atoms with Crippen LogP contribution in [0.5, 0.6) is 5.75 Å². The van der Waals surface area contributed by atoms with Gasteiger partial charge in [-0.05, 0) is 42.0 Å². The van der Waals surface area contributed by atoms with E-state index in [0.29, 0.717) is 5.75 Å². The lowest BCUT2D eigenvalue weighted by Gasteiger charge is -2.41. The molecule has 7 heteroatoms. The zero-order valence-corrected chi connectivity index (χ0v) is 18.7. The number of halogens is 1. The van der Waals surface area contributed by atoms with Crippen LogP contribution in [0.3, 0.4) is 0 Å². The fourth-order valence-electron chi connectivity index (χ4n) is 4.82. The highest BCUT2D eigenvalue weighted by Crippen LogP contribution is 2.44. The van der Waals surface area contributed by atoms with Gasteiger partial charge in [-0.15, -0.1) is 0 Å². The Labute approximate surface area is 195 Å². The van der Waals surface area contributed by atoms with Gasteiger partial charge in [-0.2, -0.15) is 0 Å². The maximum absolute atomic E-state index is 13.9. The van der Waals surface area contributed by atoms with Gasteiger partial charge in [0, 0.05) is 34.1 Å². The first-order chi connectivity index (χ1) is 16.5. The molecule has 172 valence electrons. The van der Waals surface area contributed by atoms with Gasteiger partial charge in [-0.25, -0.2) is 9.18 Å². The minimum atomic E-state index is -0.885. The fraction of sp³-hybridized carbons (Fsp3) is 0.185. The molecule has 1 aliphatic rings. The van der Waals surface area contributed by atoms with Crippen molar-refractivity contribution < 1.29 is 23.5 Å². The molecule has 0 radical (unpaired) electrons. The SMILES string of the molecule is COC(=O)C1Cc2c([nH]c3ccccc23)C(c2ccccc2OC)N1C(=O)c1ccc(F)cc1. The van der Waals surface area contributed by atoms with Crippen molar-refractivity contribution in [1.82, 2.24) is 9.88 Å². The summed E-state index contributed by atoms with van der Waals surface area (Å²) in [7, 11) is 2.88. The average Bonchev–Trinajstić information content (AvgIpc) is 3.25. The number of esters is 1. The molecule has 1 amide bonds. The molecule has 2 atom stereocenters. The Morgan fingerprint density at radius 3 is 2.41 bits per heavy atom. The minimum Gasteiger partial charge on any atom is -0.496 e. The Kier molecular flexibility index (Phi) is 5.53. The van der Waals surface area contributed by atoms with Gasteiger partial charge in [0.05, 0.1) is 14.2 Å². The molecule has 1 aliphatic heterocycles. The number of nitrogens with zero attached hydrogens (tertiary/aromatic N) is 1. The number of aromatic nitrogens is 1. The summed E-state index contributed by atoms with van der Waals surface area (Å²) in [6.07, 6.45) is 0.282. The largest absolute Gasteiger partial charge is 0.496 e. The lowest BCUT2D eigenvalue weighted by atomic mass is 9.87. The topological polar surface area (TPSA) is 71.6 Å². The van der Waals surface area contributed by atoms with E-state index in [1.165, 1.54) is 36.3 Å². The normalized spacial score (nSPS) is 17.3. The number of ether oxygens (including phenoxy) is 2. The Morgan fingerprint density at radius 1 is 0.971 bits per heavy atom. The van der Waals surface area contributed by atoms with Crippen molar-refractivity contribution in [2.75, 3.05) is 14.2 Å². The second kappa shape index (κ2) is 8.67. The monoisotopic (exact) mass is 458 g/mol. The highest BCUT2D eigenvalue weighted by atomic mass is 19.1. The van der Waals surface area contributed by atoms with Crippen molar-refractivity contribution in [2.24, 2.45) is 0 Å². The zero-order valence-electron chi connectivity index (χ0n) is 18.7. The fourth-order valence-corrected chi connectivity index (χ4v) is 4.82. The quantitative estimate of drug-likeness (QED) is 0.452. The molecule has 2 heterocycles. The highest BCUT2D eigenvalue weighted by Gasteiger charge is 2.45. The van der Waals surface area contributed by atoms with Crippen molar-refractivity contribution in [3.05, 3.63) is 101 Å². The molecule has 4 aromatic rings. The van der Waals surface area contributed by atoms with E-state index in [4.69, 9.17) is 9.47 Å². The number of amides is 1. The number of benzene rings is 3. The molecule has 1 aromatic heterocycles. The number of carbonyl (C=O) groups is 2. The molecule has 0 saturated carbocycles. The van der Waals surface area contributed by atoms with E-state index < -0.39 is 29.8 Å². The Morgan fingerprint density at radius 2 is 1.68 bits per heavy atom. The third-order valence-electron chi connectivity index (χ3n) is 6.36. The van der Waals surface area contributed by atoms with Crippen LogP contribution < -0.4 is 4.74 Å². The van der Waals surface area contributed by atoms with Gasteiger partial charge in [-0.1, -0.05) is 36.4 Å². The molecule has 2 unspecified atom stereocenters. The second-order valence-electron chi connectivity index (χ2n) is 8.17. The van der Waals surface area contributed by atoms with Gasteiger partial charge in [0.2, 0.25) is 0 Å². The van der Waals surface area contributed by atoms with E-state index in [-0.39, 0.29) is 12.0 Å². The number of para-hydroxylation sites is 2. The van der Waals surface area contributed by atoms with Gasteiger partial charge in [0.25, 0.3) is 5.91 Å². The first-order valence-electron chi connectivity index (χ1n) is 10.9. The third-order valence-corrected chi connectivity index (χ3v) is 6.36. The van der Waals surface area contributed by atoms with Gasteiger partial charge < -0.3 is 19.4 Å². The molecule has 0 aliphatic carbocycles. The Balaban J connectivity index is 1.78. The average molecular weight is 458 g/mol. The molecule has 0 spiro atoms. The van der Waals surface area contributed by atoms with Gasteiger partial charge in [0.15, 0.2) is 0 Å². The minimum absolute atomic E-state index is 0.273. The van der Waals surface area contributed by atoms with Crippen LogP contribution in [0.25, 0.3) is 10.9 Å². The first kappa shape index (κ1) is 21.7. The first-order valence-corrected chi connectivity index (χ1v) is 10.9. The summed E-state index contributed by atoms with van der Waals surface area (Å²) in [4.78, 5) is 31.9. The van der Waals surface area contributed by atoms with Crippen LogP contribution in [0.2, 0.25) is 0 Å². The van der Waals surface area contributed by atoms with Crippen LogP contribution in [-0.4, -0.2) is 42.0 Å². The van der Waals surface area contributed by atoms with Crippen LogP contribution in [-0.2, 0) is 16.0 Å². The van der Waals surface area contributed by atoms with E-state index >= 15 is 0 Å². The molecule has 5 rings (SSSR count). The molecule has 0 saturated heterocycles. The van der Waals surface area contributed by atoms with E-state index in [0.717, 1.165) is 27.7 Å². The van der Waals surface area contributed by atoms with Crippen molar-refractivity contribution in [3.8, 4) is 5.75 Å². The predicted molar refractivity (Wildman–Crippen MR) is 125 cm³/mol. The summed E-state index contributed by atoms with van der Waals surface area (Å²) in [6, 6.07) is 19.0. The summed E-state index contributed by atoms with van der Waals surface area (Å²) < 4.78 is 24.4. The van der Waals surface area contributed by atoms with Crippen LogP contribution in [0.4, 0.5) is 4.39 Å². The van der Waals surface area contributed by atoms with Crippen molar-refractivity contribution in [3.63, 3.8) is 0 Å². The number of methoxy groups -OCH3 is 2. The lowest BCUT2D eigenvalue weighted by molar-refractivity contribution is -0.147. The molecular formula is C27H23FN2O4. The molecule has 6 nitrogen and oxygen atoms in total. The zero-order chi connectivity index (χ0) is 23.8. The number of rotatable bonds is 4. The molecule has 0 fully saturated rings. The summed E-state index contributed by atoms with van der Waals surface area (Å²) in [5, 5.41) is 0.986. The van der Waals surface area contributed by atoms with Crippen LogP contribution in [0, 0.1) is 5.82 Å². The van der Waals surface area contributed by atoms with Crippen LogP contribution >= 0.6 is 0 Å². The number of hydrogen-bond acceptors (Lipinski definition) is 4. The number of nitrogens with one attached hydrogen (secondary N) is 1.